The van der Waals surface area contributed by atoms with Crippen LogP contribution >= 0.6 is 0 Å². The molecular weight excluding hydrogens is 290 g/mol. The molecular formula is C12H14F2N2O3S. The first kappa shape index (κ1) is 16.4. The molecule has 5 nitrogen and oxygen atoms in total. The summed E-state index contributed by atoms with van der Waals surface area (Å²) in [7, 11) is -0.740. The second-order valence-corrected chi connectivity index (χ2v) is 5.79. The van der Waals surface area contributed by atoms with E-state index in [9.17, 15) is 17.2 Å². The summed E-state index contributed by atoms with van der Waals surface area (Å²) in [5, 5.41) is 0. The van der Waals surface area contributed by atoms with Crippen LogP contribution in [0.3, 0.4) is 0 Å². The highest BCUT2D eigenvalue weighted by atomic mass is 32.2. The Kier molecular flexibility index (Phi) is 5.88. The van der Waals surface area contributed by atoms with Gasteiger partial charge in [-0.1, -0.05) is 11.8 Å². The molecule has 8 heteroatoms. The molecule has 0 aliphatic rings. The lowest BCUT2D eigenvalue weighted by Gasteiger charge is -2.09. The maximum absolute atomic E-state index is 13.2. The lowest BCUT2D eigenvalue weighted by atomic mass is 10.3. The second kappa shape index (κ2) is 7.19. The standard InChI is InChI=1S/C12H14F2N2O3S/c1-16(2)20(17,18)15-7-3-4-8-19-12-6-5-10(13)9-11(12)14/h5-6,9,15H,7-8H2,1-2H3. The van der Waals surface area contributed by atoms with Gasteiger partial charge in [-0.3, -0.25) is 0 Å². The summed E-state index contributed by atoms with van der Waals surface area (Å²) in [5.74, 6) is 3.39. The van der Waals surface area contributed by atoms with Gasteiger partial charge < -0.3 is 4.74 Å². The van der Waals surface area contributed by atoms with Crippen LogP contribution in [0.25, 0.3) is 0 Å². The number of hydrogen-bond donors (Lipinski definition) is 1. The maximum atomic E-state index is 13.2. The fraction of sp³-hybridized carbons (Fsp3) is 0.333. The first-order chi connectivity index (χ1) is 9.33. The van der Waals surface area contributed by atoms with E-state index in [-0.39, 0.29) is 18.9 Å². The van der Waals surface area contributed by atoms with Gasteiger partial charge in [0.15, 0.2) is 11.6 Å². The topological polar surface area (TPSA) is 58.6 Å². The van der Waals surface area contributed by atoms with Gasteiger partial charge in [-0.05, 0) is 12.1 Å². The van der Waals surface area contributed by atoms with Gasteiger partial charge in [0.1, 0.15) is 12.4 Å². The van der Waals surface area contributed by atoms with E-state index in [0.717, 1.165) is 16.4 Å². The quantitative estimate of drug-likeness (QED) is 0.817. The SMILES string of the molecule is CN(C)S(=O)(=O)NCC#CCOc1ccc(F)cc1F. The van der Waals surface area contributed by atoms with E-state index in [1.807, 2.05) is 0 Å². The molecule has 0 heterocycles. The van der Waals surface area contributed by atoms with Crippen molar-refractivity contribution in [3.8, 4) is 17.6 Å². The average molecular weight is 304 g/mol. The molecule has 0 atom stereocenters. The molecule has 0 saturated carbocycles. The summed E-state index contributed by atoms with van der Waals surface area (Å²) in [4.78, 5) is 0. The van der Waals surface area contributed by atoms with Crippen LogP contribution < -0.4 is 9.46 Å². The Bertz CT molecular complexity index is 621. The second-order valence-electron chi connectivity index (χ2n) is 3.83. The number of nitrogens with zero attached hydrogens (tertiary/aromatic N) is 1. The first-order valence-corrected chi connectivity index (χ1v) is 6.97. The zero-order valence-electron chi connectivity index (χ0n) is 11.0. The summed E-state index contributed by atoms with van der Waals surface area (Å²) in [6, 6.07) is 2.92. The zero-order chi connectivity index (χ0) is 15.2. The van der Waals surface area contributed by atoms with Crippen molar-refractivity contribution in [3.63, 3.8) is 0 Å². The molecule has 0 aliphatic carbocycles. The smallest absolute Gasteiger partial charge is 0.279 e. The van der Waals surface area contributed by atoms with E-state index < -0.39 is 21.8 Å². The fourth-order valence-electron chi connectivity index (χ4n) is 1.08. The van der Waals surface area contributed by atoms with Crippen LogP contribution in [-0.4, -0.2) is 40.0 Å². The molecule has 1 N–H and O–H groups in total. The fourth-order valence-corrected chi connectivity index (χ4v) is 1.59. The lowest BCUT2D eigenvalue weighted by Crippen LogP contribution is -2.35. The minimum atomic E-state index is -3.51. The summed E-state index contributed by atoms with van der Waals surface area (Å²) in [6.45, 7) is -0.220. The number of halogens is 2. The van der Waals surface area contributed by atoms with Crippen LogP contribution in [0.2, 0.25) is 0 Å². The summed E-state index contributed by atoms with van der Waals surface area (Å²) in [6.07, 6.45) is 0. The molecule has 0 fully saturated rings. The normalized spacial score (nSPS) is 11.1. The number of ether oxygens (including phenoxy) is 1. The van der Waals surface area contributed by atoms with E-state index in [0.29, 0.717) is 6.07 Å². The first-order valence-electron chi connectivity index (χ1n) is 5.53. The third-order valence-corrected chi connectivity index (χ3v) is 3.61. The number of benzene rings is 1. The van der Waals surface area contributed by atoms with Crippen LogP contribution in [0.15, 0.2) is 18.2 Å². The van der Waals surface area contributed by atoms with Gasteiger partial charge in [0, 0.05) is 20.2 Å². The summed E-state index contributed by atoms with van der Waals surface area (Å²) < 4.78 is 56.6. The van der Waals surface area contributed by atoms with E-state index in [4.69, 9.17) is 4.74 Å². The molecule has 0 aliphatic heterocycles. The molecule has 0 aromatic heterocycles. The van der Waals surface area contributed by atoms with Crippen molar-refractivity contribution in [1.29, 1.82) is 0 Å². The molecule has 1 aromatic rings. The highest BCUT2D eigenvalue weighted by molar-refractivity contribution is 7.87. The Labute approximate surface area is 116 Å². The Balaban J connectivity index is 2.41. The van der Waals surface area contributed by atoms with E-state index in [1.54, 1.807) is 0 Å². The zero-order valence-corrected chi connectivity index (χ0v) is 11.8. The van der Waals surface area contributed by atoms with Gasteiger partial charge >= 0.3 is 0 Å². The third kappa shape index (κ3) is 5.13. The van der Waals surface area contributed by atoms with Gasteiger partial charge in [-0.2, -0.15) is 17.4 Å². The van der Waals surface area contributed by atoms with Crippen LogP contribution in [0.4, 0.5) is 8.78 Å². The summed E-state index contributed by atoms with van der Waals surface area (Å²) in [5.41, 5.74) is 0. The van der Waals surface area contributed by atoms with Crippen LogP contribution in [0.1, 0.15) is 0 Å². The molecule has 0 unspecified atom stereocenters. The van der Waals surface area contributed by atoms with Gasteiger partial charge in [-0.25, -0.2) is 8.78 Å². The summed E-state index contributed by atoms with van der Waals surface area (Å²) >= 11 is 0. The van der Waals surface area contributed by atoms with Crippen molar-refractivity contribution in [2.24, 2.45) is 0 Å². The van der Waals surface area contributed by atoms with Crippen molar-refractivity contribution in [2.45, 2.75) is 0 Å². The van der Waals surface area contributed by atoms with Crippen molar-refractivity contribution in [1.82, 2.24) is 9.03 Å². The molecule has 110 valence electrons. The Morgan fingerprint density at radius 2 is 2.00 bits per heavy atom. The molecule has 0 saturated heterocycles. The highest BCUT2D eigenvalue weighted by Gasteiger charge is 2.10. The van der Waals surface area contributed by atoms with Crippen LogP contribution in [-0.2, 0) is 10.2 Å². The van der Waals surface area contributed by atoms with Crippen LogP contribution in [0.5, 0.6) is 5.75 Å². The average Bonchev–Trinajstić information content (AvgIpc) is 2.35. The number of nitrogens with one attached hydrogen (secondary N) is 1. The molecule has 1 aromatic carbocycles. The third-order valence-electron chi connectivity index (χ3n) is 2.14. The van der Waals surface area contributed by atoms with Crippen LogP contribution in [0, 0.1) is 23.5 Å². The van der Waals surface area contributed by atoms with Gasteiger partial charge in [-0.15, -0.1) is 0 Å². The van der Waals surface area contributed by atoms with Gasteiger partial charge in [0.2, 0.25) is 0 Å². The number of hydrogen-bond acceptors (Lipinski definition) is 3. The van der Waals surface area contributed by atoms with Gasteiger partial charge in [0.05, 0.1) is 6.54 Å². The van der Waals surface area contributed by atoms with E-state index in [2.05, 4.69) is 16.6 Å². The predicted octanol–water partition coefficient (Wildman–Crippen LogP) is 0.743. The largest absolute Gasteiger partial charge is 0.478 e. The van der Waals surface area contributed by atoms with Crippen molar-refractivity contribution in [2.75, 3.05) is 27.2 Å². The molecule has 1 rings (SSSR count). The lowest BCUT2D eigenvalue weighted by molar-refractivity contribution is 0.346. The predicted molar refractivity (Wildman–Crippen MR) is 70.2 cm³/mol. The van der Waals surface area contributed by atoms with Gasteiger partial charge in [0.25, 0.3) is 10.2 Å². The Morgan fingerprint density at radius 1 is 1.30 bits per heavy atom. The Morgan fingerprint density at radius 3 is 2.60 bits per heavy atom. The van der Waals surface area contributed by atoms with Crippen molar-refractivity contribution >= 4 is 10.2 Å². The minimum absolute atomic E-state index is 0.0875. The monoisotopic (exact) mass is 304 g/mol. The molecule has 0 radical (unpaired) electrons. The van der Waals surface area contributed by atoms with Crippen molar-refractivity contribution < 1.29 is 21.9 Å². The molecule has 0 bridgehead atoms. The minimum Gasteiger partial charge on any atom is -0.478 e. The van der Waals surface area contributed by atoms with E-state index in [1.165, 1.54) is 14.1 Å². The highest BCUT2D eigenvalue weighted by Crippen LogP contribution is 2.16. The van der Waals surface area contributed by atoms with E-state index >= 15 is 0 Å². The molecule has 20 heavy (non-hydrogen) atoms. The number of rotatable bonds is 5. The van der Waals surface area contributed by atoms with Crippen molar-refractivity contribution in [3.05, 3.63) is 29.8 Å². The maximum Gasteiger partial charge on any atom is 0.279 e. The molecule has 0 amide bonds. The molecule has 0 spiro atoms. The Hall–Kier alpha value is -1.69.